The van der Waals surface area contributed by atoms with Gasteiger partial charge in [0.2, 0.25) is 0 Å². The van der Waals surface area contributed by atoms with E-state index in [4.69, 9.17) is 11.6 Å². The van der Waals surface area contributed by atoms with Crippen molar-refractivity contribution in [1.29, 1.82) is 0 Å². The summed E-state index contributed by atoms with van der Waals surface area (Å²) in [7, 11) is 0. The summed E-state index contributed by atoms with van der Waals surface area (Å²) in [5.41, 5.74) is 2.94. The van der Waals surface area contributed by atoms with Gasteiger partial charge in [0.1, 0.15) is 5.82 Å². The van der Waals surface area contributed by atoms with Crippen molar-refractivity contribution in [2.45, 2.75) is 13.0 Å². The highest BCUT2D eigenvalue weighted by molar-refractivity contribution is 7.09. The smallest absolute Gasteiger partial charge is 0.332 e. The number of thiophene rings is 1. The lowest BCUT2D eigenvalue weighted by Gasteiger charge is -2.13. The minimum Gasteiger partial charge on any atom is -0.478 e. The second-order valence-electron chi connectivity index (χ2n) is 6.78. The number of carbonyl (C=O) groups is 1. The number of halogens is 1. The van der Waals surface area contributed by atoms with E-state index < -0.39 is 5.97 Å². The molecular formula is C24H19ClN2O2S. The molecule has 2 aromatic heterocycles. The number of imidazole rings is 1. The van der Waals surface area contributed by atoms with Gasteiger partial charge in [0.05, 0.1) is 18.4 Å². The van der Waals surface area contributed by atoms with Crippen molar-refractivity contribution in [1.82, 2.24) is 9.55 Å². The Labute approximate surface area is 183 Å². The van der Waals surface area contributed by atoms with Gasteiger partial charge in [0.15, 0.2) is 0 Å². The Morgan fingerprint density at radius 3 is 2.53 bits per heavy atom. The number of carboxylic acid groups (broad SMARTS) is 1. The fraction of sp³-hybridized carbons (Fsp3) is 0.0833. The summed E-state index contributed by atoms with van der Waals surface area (Å²) in [6, 6.07) is 21.4. The fourth-order valence-electron chi connectivity index (χ4n) is 3.25. The lowest BCUT2D eigenvalue weighted by Crippen LogP contribution is -2.07. The maximum Gasteiger partial charge on any atom is 0.332 e. The van der Waals surface area contributed by atoms with Gasteiger partial charge in [0.25, 0.3) is 0 Å². The summed E-state index contributed by atoms with van der Waals surface area (Å²) < 4.78 is 2.01. The van der Waals surface area contributed by atoms with Crippen molar-refractivity contribution >= 4 is 35.0 Å². The van der Waals surface area contributed by atoms with Crippen LogP contribution in [0.2, 0.25) is 5.02 Å². The Balaban J connectivity index is 1.80. The Kier molecular flexibility index (Phi) is 6.12. The fourth-order valence-corrected chi connectivity index (χ4v) is 4.18. The molecule has 0 amide bonds. The van der Waals surface area contributed by atoms with Crippen molar-refractivity contribution in [3.63, 3.8) is 0 Å². The molecular weight excluding hydrogens is 416 g/mol. The lowest BCUT2D eigenvalue weighted by atomic mass is 10.1. The molecule has 2 heterocycles. The van der Waals surface area contributed by atoms with Gasteiger partial charge in [-0.25, -0.2) is 9.78 Å². The van der Waals surface area contributed by atoms with E-state index >= 15 is 0 Å². The van der Waals surface area contributed by atoms with Gasteiger partial charge in [-0.3, -0.25) is 0 Å². The maximum absolute atomic E-state index is 11.9. The molecule has 6 heteroatoms. The van der Waals surface area contributed by atoms with Crippen LogP contribution in [-0.2, 0) is 17.8 Å². The van der Waals surface area contributed by atoms with Crippen LogP contribution in [0.5, 0.6) is 0 Å². The Bertz CT molecular complexity index is 1180. The van der Waals surface area contributed by atoms with Crippen molar-refractivity contribution in [3.8, 4) is 11.4 Å². The van der Waals surface area contributed by atoms with Gasteiger partial charge in [-0.15, -0.1) is 11.3 Å². The summed E-state index contributed by atoms with van der Waals surface area (Å²) in [6.07, 6.45) is 3.79. The molecule has 1 N–H and O–H groups in total. The van der Waals surface area contributed by atoms with E-state index in [-0.39, 0.29) is 0 Å². The number of hydrogen-bond acceptors (Lipinski definition) is 3. The van der Waals surface area contributed by atoms with Crippen molar-refractivity contribution in [2.75, 3.05) is 0 Å². The third kappa shape index (κ3) is 4.53. The summed E-state index contributed by atoms with van der Waals surface area (Å²) in [4.78, 5) is 17.5. The van der Waals surface area contributed by atoms with Gasteiger partial charge >= 0.3 is 5.97 Å². The topological polar surface area (TPSA) is 55.1 Å². The molecule has 4 nitrogen and oxygen atoms in total. The zero-order chi connectivity index (χ0) is 20.9. The van der Waals surface area contributed by atoms with E-state index in [0.717, 1.165) is 27.5 Å². The number of hydrogen-bond donors (Lipinski definition) is 1. The minimum absolute atomic E-state index is 0.317. The van der Waals surface area contributed by atoms with E-state index in [9.17, 15) is 9.90 Å². The number of aliphatic carboxylic acids is 1. The van der Waals surface area contributed by atoms with Crippen LogP contribution < -0.4 is 0 Å². The van der Waals surface area contributed by atoms with Crippen LogP contribution in [0.1, 0.15) is 16.1 Å². The molecule has 0 atom stereocenters. The molecule has 0 spiro atoms. The third-order valence-electron chi connectivity index (χ3n) is 4.75. The molecule has 4 rings (SSSR count). The number of benzene rings is 2. The summed E-state index contributed by atoms with van der Waals surface area (Å²) in [5, 5.41) is 12.4. The molecule has 0 bridgehead atoms. The molecule has 4 aromatic rings. The average molecular weight is 435 g/mol. The molecule has 150 valence electrons. The Morgan fingerprint density at radius 2 is 1.83 bits per heavy atom. The molecule has 0 aliphatic carbocycles. The van der Waals surface area contributed by atoms with Gasteiger partial charge in [-0.05, 0) is 29.2 Å². The second-order valence-corrected chi connectivity index (χ2v) is 8.22. The number of nitrogens with zero attached hydrogens (tertiary/aromatic N) is 2. The van der Waals surface area contributed by atoms with Crippen LogP contribution in [-0.4, -0.2) is 20.6 Å². The molecule has 2 aromatic carbocycles. The average Bonchev–Trinajstić information content (AvgIpc) is 3.40. The highest BCUT2D eigenvalue weighted by atomic mass is 35.5. The molecule has 0 saturated carbocycles. The maximum atomic E-state index is 11.9. The highest BCUT2D eigenvalue weighted by Gasteiger charge is 2.16. The van der Waals surface area contributed by atoms with E-state index in [2.05, 4.69) is 4.98 Å². The number of carboxylic acids is 1. The summed E-state index contributed by atoms with van der Waals surface area (Å²) in [6.45, 7) is 0.488. The van der Waals surface area contributed by atoms with Crippen LogP contribution in [0.25, 0.3) is 17.5 Å². The van der Waals surface area contributed by atoms with E-state index in [1.54, 1.807) is 23.6 Å². The SMILES string of the molecule is O=C(O)C(=Cc1cnc(-c2ccccc2)n1Cc1ccccc1Cl)Cc1cccs1. The van der Waals surface area contributed by atoms with Gasteiger partial charge in [0, 0.05) is 27.5 Å². The first-order valence-corrected chi connectivity index (χ1v) is 10.7. The van der Waals surface area contributed by atoms with Gasteiger partial charge in [-0.2, -0.15) is 0 Å². The Hall–Kier alpha value is -3.15. The predicted octanol–water partition coefficient (Wildman–Crippen LogP) is 6.02. The molecule has 0 unspecified atom stereocenters. The van der Waals surface area contributed by atoms with E-state index in [1.165, 1.54) is 0 Å². The second kappa shape index (κ2) is 9.11. The van der Waals surface area contributed by atoms with E-state index in [1.807, 2.05) is 76.7 Å². The normalized spacial score (nSPS) is 11.6. The third-order valence-corrected chi connectivity index (χ3v) is 5.99. The molecule has 0 aliphatic heterocycles. The minimum atomic E-state index is -0.935. The molecule has 0 aliphatic rings. The van der Waals surface area contributed by atoms with Crippen LogP contribution in [0.4, 0.5) is 0 Å². The standard InChI is InChI=1S/C24H19ClN2O2S/c25-22-11-5-4-9-18(22)16-27-20(15-26-23(27)17-7-2-1-3-8-17)13-19(24(28)29)14-21-10-6-12-30-21/h1-13,15H,14,16H2,(H,28,29). The first-order chi connectivity index (χ1) is 14.6. The summed E-state index contributed by atoms with van der Waals surface area (Å²) in [5.74, 6) is -0.169. The quantitative estimate of drug-likeness (QED) is 0.361. The van der Waals surface area contributed by atoms with Crippen LogP contribution in [0.15, 0.2) is 83.9 Å². The van der Waals surface area contributed by atoms with Crippen LogP contribution >= 0.6 is 22.9 Å². The van der Waals surface area contributed by atoms with Crippen LogP contribution in [0, 0.1) is 0 Å². The van der Waals surface area contributed by atoms with Crippen molar-refractivity contribution < 1.29 is 9.90 Å². The number of aromatic nitrogens is 2. The van der Waals surface area contributed by atoms with Crippen molar-refractivity contribution in [3.05, 3.63) is 105 Å². The largest absolute Gasteiger partial charge is 0.478 e. The van der Waals surface area contributed by atoms with Crippen LogP contribution in [0.3, 0.4) is 0 Å². The molecule has 0 radical (unpaired) electrons. The van der Waals surface area contributed by atoms with Crippen molar-refractivity contribution in [2.24, 2.45) is 0 Å². The van der Waals surface area contributed by atoms with Gasteiger partial charge < -0.3 is 9.67 Å². The summed E-state index contributed by atoms with van der Waals surface area (Å²) >= 11 is 7.95. The Morgan fingerprint density at radius 1 is 1.07 bits per heavy atom. The van der Waals surface area contributed by atoms with Gasteiger partial charge in [-0.1, -0.05) is 66.2 Å². The predicted molar refractivity (Wildman–Crippen MR) is 122 cm³/mol. The molecule has 0 fully saturated rings. The molecule has 0 saturated heterocycles. The zero-order valence-electron chi connectivity index (χ0n) is 16.0. The first kappa shape index (κ1) is 20.1. The van der Waals surface area contributed by atoms with E-state index in [0.29, 0.717) is 23.6 Å². The molecule has 30 heavy (non-hydrogen) atoms. The zero-order valence-corrected chi connectivity index (χ0v) is 17.6. The monoisotopic (exact) mass is 434 g/mol. The lowest BCUT2D eigenvalue weighted by molar-refractivity contribution is -0.132. The number of rotatable bonds is 7. The highest BCUT2D eigenvalue weighted by Crippen LogP contribution is 2.26. The first-order valence-electron chi connectivity index (χ1n) is 9.42.